The number of hydrogen-bond acceptors (Lipinski definition) is 4. The fourth-order valence-electron chi connectivity index (χ4n) is 1.57. The van der Waals surface area contributed by atoms with Gasteiger partial charge in [-0.1, -0.05) is 13.0 Å². The lowest BCUT2D eigenvalue weighted by atomic mass is 10.1. The predicted molar refractivity (Wildman–Crippen MR) is 79.5 cm³/mol. The molecule has 0 heterocycles. The SMILES string of the molecule is CCS(=O)(=O)CCNC(=O)Nc1ccc(C)c(C(=O)O)c1. The van der Waals surface area contributed by atoms with Gasteiger partial charge < -0.3 is 15.7 Å². The number of nitrogens with one attached hydrogen (secondary N) is 2. The highest BCUT2D eigenvalue weighted by molar-refractivity contribution is 7.91. The van der Waals surface area contributed by atoms with E-state index in [-0.39, 0.29) is 23.6 Å². The number of urea groups is 1. The molecule has 21 heavy (non-hydrogen) atoms. The lowest BCUT2D eigenvalue weighted by molar-refractivity contribution is 0.0696. The minimum atomic E-state index is -3.13. The molecule has 0 aromatic heterocycles. The van der Waals surface area contributed by atoms with E-state index in [0.717, 1.165) is 0 Å². The Bertz CT molecular complexity index is 640. The number of aryl methyl sites for hydroxylation is 1. The van der Waals surface area contributed by atoms with Gasteiger partial charge in [-0.25, -0.2) is 18.0 Å². The van der Waals surface area contributed by atoms with Crippen LogP contribution in [0.1, 0.15) is 22.8 Å². The van der Waals surface area contributed by atoms with E-state index in [4.69, 9.17) is 5.11 Å². The van der Waals surface area contributed by atoms with Crippen LogP contribution in [0.2, 0.25) is 0 Å². The highest BCUT2D eigenvalue weighted by atomic mass is 32.2. The van der Waals surface area contributed by atoms with E-state index in [1.165, 1.54) is 13.0 Å². The van der Waals surface area contributed by atoms with Gasteiger partial charge >= 0.3 is 12.0 Å². The molecule has 1 rings (SSSR count). The summed E-state index contributed by atoms with van der Waals surface area (Å²) in [5, 5.41) is 13.9. The number of rotatable bonds is 6. The molecule has 0 saturated heterocycles. The molecule has 0 saturated carbocycles. The Labute approximate surface area is 123 Å². The van der Waals surface area contributed by atoms with Crippen molar-refractivity contribution in [3.8, 4) is 0 Å². The predicted octanol–water partition coefficient (Wildman–Crippen LogP) is 1.25. The van der Waals surface area contributed by atoms with Gasteiger partial charge in [0, 0.05) is 18.0 Å². The molecule has 7 nitrogen and oxygen atoms in total. The molecule has 0 aliphatic carbocycles. The van der Waals surface area contributed by atoms with Crippen LogP contribution in [0, 0.1) is 6.92 Å². The normalized spacial score (nSPS) is 11.0. The molecule has 8 heteroatoms. The summed E-state index contributed by atoms with van der Waals surface area (Å²) >= 11 is 0. The molecule has 3 N–H and O–H groups in total. The number of carboxylic acids is 1. The Morgan fingerprint density at radius 3 is 2.52 bits per heavy atom. The first-order chi connectivity index (χ1) is 9.75. The summed E-state index contributed by atoms with van der Waals surface area (Å²) in [6.45, 7) is 3.19. The number of carboxylic acid groups (broad SMARTS) is 1. The number of hydrogen-bond donors (Lipinski definition) is 3. The summed E-state index contributed by atoms with van der Waals surface area (Å²) in [5.41, 5.74) is 1.01. The molecule has 2 amide bonds. The van der Waals surface area contributed by atoms with Crippen molar-refractivity contribution in [1.82, 2.24) is 5.32 Å². The Kier molecular flexibility index (Phi) is 5.71. The van der Waals surface area contributed by atoms with Crippen molar-refractivity contribution in [2.75, 3.05) is 23.4 Å². The smallest absolute Gasteiger partial charge is 0.336 e. The molecular weight excluding hydrogens is 296 g/mol. The van der Waals surface area contributed by atoms with Crippen LogP contribution in [0.15, 0.2) is 18.2 Å². The van der Waals surface area contributed by atoms with Crippen LogP contribution in [0.3, 0.4) is 0 Å². The van der Waals surface area contributed by atoms with E-state index in [1.54, 1.807) is 19.1 Å². The van der Waals surface area contributed by atoms with Crippen molar-refractivity contribution in [2.24, 2.45) is 0 Å². The second-order valence-electron chi connectivity index (χ2n) is 4.45. The number of aromatic carboxylic acids is 1. The third kappa shape index (κ3) is 5.42. The highest BCUT2D eigenvalue weighted by Crippen LogP contribution is 2.15. The highest BCUT2D eigenvalue weighted by Gasteiger charge is 2.11. The van der Waals surface area contributed by atoms with Crippen LogP contribution < -0.4 is 10.6 Å². The third-order valence-electron chi connectivity index (χ3n) is 2.86. The second-order valence-corrected chi connectivity index (χ2v) is 6.92. The summed E-state index contributed by atoms with van der Waals surface area (Å²) < 4.78 is 22.5. The van der Waals surface area contributed by atoms with Crippen LogP contribution in [-0.4, -0.2) is 43.6 Å². The van der Waals surface area contributed by atoms with E-state index >= 15 is 0 Å². The fourth-order valence-corrected chi connectivity index (χ4v) is 2.27. The molecule has 0 spiro atoms. The summed E-state index contributed by atoms with van der Waals surface area (Å²) in [4.78, 5) is 22.6. The Morgan fingerprint density at radius 2 is 1.95 bits per heavy atom. The topological polar surface area (TPSA) is 113 Å². The number of carbonyl (C=O) groups excluding carboxylic acids is 1. The summed E-state index contributed by atoms with van der Waals surface area (Å²) in [6, 6.07) is 3.92. The van der Waals surface area contributed by atoms with Crippen LogP contribution in [-0.2, 0) is 9.84 Å². The van der Waals surface area contributed by atoms with Gasteiger partial charge in [-0.15, -0.1) is 0 Å². The van der Waals surface area contributed by atoms with Crippen LogP contribution in [0.25, 0.3) is 0 Å². The minimum Gasteiger partial charge on any atom is -0.478 e. The molecule has 116 valence electrons. The quantitative estimate of drug-likeness (QED) is 0.731. The maximum atomic E-state index is 11.6. The third-order valence-corrected chi connectivity index (χ3v) is 4.57. The Hall–Kier alpha value is -2.09. The lowest BCUT2D eigenvalue weighted by Gasteiger charge is -2.09. The molecule has 1 aromatic rings. The average Bonchev–Trinajstić information content (AvgIpc) is 2.40. The van der Waals surface area contributed by atoms with Crippen LogP contribution in [0.5, 0.6) is 0 Å². The van der Waals surface area contributed by atoms with Gasteiger partial charge in [-0.2, -0.15) is 0 Å². The zero-order chi connectivity index (χ0) is 16.0. The van der Waals surface area contributed by atoms with Gasteiger partial charge in [0.2, 0.25) is 0 Å². The number of amides is 2. The van der Waals surface area contributed by atoms with E-state index in [2.05, 4.69) is 10.6 Å². The number of anilines is 1. The first-order valence-electron chi connectivity index (χ1n) is 6.34. The van der Waals surface area contributed by atoms with Gasteiger partial charge in [-0.05, 0) is 24.6 Å². The van der Waals surface area contributed by atoms with Gasteiger partial charge in [0.05, 0.1) is 11.3 Å². The van der Waals surface area contributed by atoms with Crippen molar-refractivity contribution in [3.63, 3.8) is 0 Å². The molecule has 0 unspecified atom stereocenters. The van der Waals surface area contributed by atoms with Crippen molar-refractivity contribution >= 4 is 27.5 Å². The van der Waals surface area contributed by atoms with Gasteiger partial charge in [0.15, 0.2) is 9.84 Å². The van der Waals surface area contributed by atoms with Crippen molar-refractivity contribution in [1.29, 1.82) is 0 Å². The number of benzene rings is 1. The molecule has 0 aliphatic heterocycles. The van der Waals surface area contributed by atoms with E-state index < -0.39 is 21.8 Å². The second kappa shape index (κ2) is 7.07. The van der Waals surface area contributed by atoms with E-state index in [1.807, 2.05) is 0 Å². The maximum Gasteiger partial charge on any atom is 0.336 e. The standard InChI is InChI=1S/C13H18N2O5S/c1-3-21(19,20)7-6-14-13(18)15-10-5-4-9(2)11(8-10)12(16)17/h4-5,8H,3,6-7H2,1-2H3,(H,16,17)(H2,14,15,18). The molecule has 1 aromatic carbocycles. The lowest BCUT2D eigenvalue weighted by Crippen LogP contribution is -2.33. The van der Waals surface area contributed by atoms with Crippen molar-refractivity contribution in [2.45, 2.75) is 13.8 Å². The van der Waals surface area contributed by atoms with Gasteiger partial charge in [-0.3, -0.25) is 0 Å². The molecule has 0 fully saturated rings. The number of carbonyl (C=O) groups is 2. The van der Waals surface area contributed by atoms with E-state index in [0.29, 0.717) is 11.3 Å². The maximum absolute atomic E-state index is 11.6. The molecular formula is C13H18N2O5S. The van der Waals surface area contributed by atoms with Gasteiger partial charge in [0.25, 0.3) is 0 Å². The molecule has 0 radical (unpaired) electrons. The van der Waals surface area contributed by atoms with E-state index in [9.17, 15) is 18.0 Å². The van der Waals surface area contributed by atoms with Crippen LogP contribution in [0.4, 0.5) is 10.5 Å². The Balaban J connectivity index is 2.60. The van der Waals surface area contributed by atoms with Crippen molar-refractivity contribution < 1.29 is 23.1 Å². The minimum absolute atomic E-state index is 0.000342. The van der Waals surface area contributed by atoms with Crippen LogP contribution >= 0.6 is 0 Å². The monoisotopic (exact) mass is 314 g/mol. The summed E-state index contributed by atoms with van der Waals surface area (Å²) in [7, 11) is -3.13. The zero-order valence-corrected chi connectivity index (χ0v) is 12.7. The molecule has 0 atom stereocenters. The zero-order valence-electron chi connectivity index (χ0n) is 11.8. The Morgan fingerprint density at radius 1 is 1.29 bits per heavy atom. The van der Waals surface area contributed by atoms with Crippen molar-refractivity contribution in [3.05, 3.63) is 29.3 Å². The summed E-state index contributed by atoms with van der Waals surface area (Å²) in [5.74, 6) is -1.19. The summed E-state index contributed by atoms with van der Waals surface area (Å²) in [6.07, 6.45) is 0. The average molecular weight is 314 g/mol. The first-order valence-corrected chi connectivity index (χ1v) is 8.16. The first kappa shape index (κ1) is 17.0. The van der Waals surface area contributed by atoms with Gasteiger partial charge in [0.1, 0.15) is 0 Å². The largest absolute Gasteiger partial charge is 0.478 e. The molecule has 0 bridgehead atoms. The number of sulfone groups is 1. The fraction of sp³-hybridized carbons (Fsp3) is 0.385. The molecule has 0 aliphatic rings.